The molecule has 1 aliphatic heterocycles. The van der Waals surface area contributed by atoms with Gasteiger partial charge in [-0.25, -0.2) is 9.78 Å². The molecule has 0 amide bonds. The number of methoxy groups -OCH3 is 1. The quantitative estimate of drug-likeness (QED) is 0.672. The van der Waals surface area contributed by atoms with E-state index in [9.17, 15) is 4.79 Å². The van der Waals surface area contributed by atoms with Gasteiger partial charge in [-0.15, -0.1) is 0 Å². The second-order valence-corrected chi connectivity index (χ2v) is 6.28. The van der Waals surface area contributed by atoms with E-state index in [4.69, 9.17) is 14.5 Å². The maximum atomic E-state index is 11.9. The maximum absolute atomic E-state index is 11.9. The van der Waals surface area contributed by atoms with Crippen LogP contribution in [0.5, 0.6) is 0 Å². The molecule has 1 fully saturated rings. The molecule has 2 heterocycles. The third-order valence-electron chi connectivity index (χ3n) is 4.63. The molecule has 5 nitrogen and oxygen atoms in total. The highest BCUT2D eigenvalue weighted by Crippen LogP contribution is 2.24. The van der Waals surface area contributed by atoms with Crippen molar-refractivity contribution in [3.8, 4) is 0 Å². The molecule has 2 aromatic carbocycles. The van der Waals surface area contributed by atoms with E-state index in [0.717, 1.165) is 42.9 Å². The molecule has 0 spiro atoms. The van der Waals surface area contributed by atoms with Crippen LogP contribution in [-0.2, 0) is 22.4 Å². The molecule has 0 N–H and O–H groups in total. The van der Waals surface area contributed by atoms with E-state index in [1.807, 2.05) is 30.3 Å². The predicted octanol–water partition coefficient (Wildman–Crippen LogP) is 3.20. The fraction of sp³-hybridized carbons (Fsp3) is 0.300. The fourth-order valence-electron chi connectivity index (χ4n) is 3.17. The molecule has 25 heavy (non-hydrogen) atoms. The Labute approximate surface area is 146 Å². The van der Waals surface area contributed by atoms with Crippen LogP contribution in [0.2, 0.25) is 0 Å². The van der Waals surface area contributed by atoms with Crippen LogP contribution in [0.25, 0.3) is 11.0 Å². The van der Waals surface area contributed by atoms with Crippen molar-refractivity contribution in [3.63, 3.8) is 0 Å². The van der Waals surface area contributed by atoms with Crippen molar-refractivity contribution in [1.82, 2.24) is 9.55 Å². The molecular weight excluding hydrogens is 316 g/mol. The van der Waals surface area contributed by atoms with Gasteiger partial charge in [-0.3, -0.25) is 0 Å². The van der Waals surface area contributed by atoms with Crippen LogP contribution >= 0.6 is 0 Å². The summed E-state index contributed by atoms with van der Waals surface area (Å²) in [5.74, 6) is 0.651. The Balaban J connectivity index is 1.77. The zero-order valence-corrected chi connectivity index (χ0v) is 14.1. The molecule has 4 rings (SSSR count). The first-order valence-electron chi connectivity index (χ1n) is 8.47. The van der Waals surface area contributed by atoms with Crippen LogP contribution in [-0.4, -0.2) is 35.3 Å². The van der Waals surface area contributed by atoms with Gasteiger partial charge in [0.1, 0.15) is 5.82 Å². The first-order chi connectivity index (χ1) is 12.2. The Hall–Kier alpha value is -2.66. The molecular formula is C20H20N2O3. The Kier molecular flexibility index (Phi) is 4.24. The highest BCUT2D eigenvalue weighted by molar-refractivity contribution is 5.93. The summed E-state index contributed by atoms with van der Waals surface area (Å²) in [5, 5.41) is 0. The zero-order chi connectivity index (χ0) is 17.2. The Morgan fingerprint density at radius 3 is 2.76 bits per heavy atom. The van der Waals surface area contributed by atoms with Crippen molar-refractivity contribution < 1.29 is 14.3 Å². The summed E-state index contributed by atoms with van der Waals surface area (Å²) < 4.78 is 12.6. The Morgan fingerprint density at radius 2 is 2.08 bits per heavy atom. The van der Waals surface area contributed by atoms with E-state index in [0.29, 0.717) is 5.56 Å². The maximum Gasteiger partial charge on any atom is 0.337 e. The highest BCUT2D eigenvalue weighted by Gasteiger charge is 2.22. The monoisotopic (exact) mass is 336 g/mol. The molecule has 1 saturated heterocycles. The van der Waals surface area contributed by atoms with Gasteiger partial charge in [-0.05, 0) is 30.2 Å². The van der Waals surface area contributed by atoms with Gasteiger partial charge in [0.15, 0.2) is 0 Å². The summed E-state index contributed by atoms with van der Waals surface area (Å²) in [4.78, 5) is 16.7. The van der Waals surface area contributed by atoms with E-state index in [1.165, 1.54) is 12.7 Å². The summed E-state index contributed by atoms with van der Waals surface area (Å²) in [7, 11) is 1.40. The molecule has 0 unspecified atom stereocenters. The lowest BCUT2D eigenvalue weighted by atomic mass is 10.1. The fourth-order valence-corrected chi connectivity index (χ4v) is 3.17. The largest absolute Gasteiger partial charge is 0.465 e. The van der Waals surface area contributed by atoms with E-state index in [2.05, 4.69) is 16.7 Å². The number of carbonyl (C=O) groups excluding carboxylic acids is 1. The van der Waals surface area contributed by atoms with Gasteiger partial charge in [-0.2, -0.15) is 0 Å². The number of esters is 1. The molecule has 0 saturated carbocycles. The normalized spacial score (nSPS) is 16.6. The molecule has 0 radical (unpaired) electrons. The highest BCUT2D eigenvalue weighted by atomic mass is 16.5. The lowest BCUT2D eigenvalue weighted by Gasteiger charge is -2.27. The molecule has 128 valence electrons. The molecule has 0 aliphatic carbocycles. The lowest BCUT2D eigenvalue weighted by molar-refractivity contribution is -0.0589. The average Bonchev–Trinajstić information content (AvgIpc) is 2.94. The van der Waals surface area contributed by atoms with E-state index in [-0.39, 0.29) is 12.1 Å². The second kappa shape index (κ2) is 6.69. The van der Waals surface area contributed by atoms with Crippen LogP contribution in [0.4, 0.5) is 0 Å². The number of aromatic nitrogens is 2. The first-order valence-corrected chi connectivity index (χ1v) is 8.47. The minimum absolute atomic E-state index is 0.216. The van der Waals surface area contributed by atoms with Crippen LogP contribution in [0, 0.1) is 0 Å². The van der Waals surface area contributed by atoms with Crippen molar-refractivity contribution in [3.05, 3.63) is 65.5 Å². The van der Waals surface area contributed by atoms with Gasteiger partial charge in [-0.1, -0.05) is 30.3 Å². The first kappa shape index (κ1) is 15.8. The van der Waals surface area contributed by atoms with E-state index in [1.54, 1.807) is 6.07 Å². The van der Waals surface area contributed by atoms with Gasteiger partial charge in [0.05, 0.1) is 36.4 Å². The van der Waals surface area contributed by atoms with Crippen LogP contribution in [0.3, 0.4) is 0 Å². The minimum atomic E-state index is -0.334. The SMILES string of the molecule is COC(=O)c1ccc2nc(Cc3ccccc3)n(C[C@@H]3CCO3)c2c1. The number of carbonyl (C=O) groups is 1. The number of imidazole rings is 1. The number of rotatable bonds is 5. The number of ether oxygens (including phenoxy) is 2. The van der Waals surface area contributed by atoms with Crippen molar-refractivity contribution in [2.75, 3.05) is 13.7 Å². The minimum Gasteiger partial charge on any atom is -0.465 e. The van der Waals surface area contributed by atoms with E-state index >= 15 is 0 Å². The van der Waals surface area contributed by atoms with Gasteiger partial charge in [0.2, 0.25) is 0 Å². The number of benzene rings is 2. The molecule has 5 heteroatoms. The van der Waals surface area contributed by atoms with Crippen LogP contribution in [0.1, 0.15) is 28.2 Å². The lowest BCUT2D eigenvalue weighted by Crippen LogP contribution is -2.31. The third kappa shape index (κ3) is 3.15. The predicted molar refractivity (Wildman–Crippen MR) is 94.7 cm³/mol. The van der Waals surface area contributed by atoms with Crippen molar-refractivity contribution in [2.24, 2.45) is 0 Å². The summed E-state index contributed by atoms with van der Waals surface area (Å²) in [6.45, 7) is 1.57. The Morgan fingerprint density at radius 1 is 1.28 bits per heavy atom. The number of nitrogens with zero attached hydrogens (tertiary/aromatic N) is 2. The second-order valence-electron chi connectivity index (χ2n) is 6.28. The number of fused-ring (bicyclic) bond motifs is 1. The van der Waals surface area contributed by atoms with Gasteiger partial charge in [0, 0.05) is 13.0 Å². The van der Waals surface area contributed by atoms with Crippen molar-refractivity contribution in [2.45, 2.75) is 25.5 Å². The summed E-state index contributed by atoms with van der Waals surface area (Å²) in [5.41, 5.74) is 3.58. The molecule has 1 aromatic heterocycles. The number of hydrogen-bond donors (Lipinski definition) is 0. The third-order valence-corrected chi connectivity index (χ3v) is 4.63. The smallest absolute Gasteiger partial charge is 0.337 e. The van der Waals surface area contributed by atoms with E-state index < -0.39 is 0 Å². The van der Waals surface area contributed by atoms with Crippen LogP contribution < -0.4 is 0 Å². The molecule has 1 aliphatic rings. The molecule has 3 aromatic rings. The van der Waals surface area contributed by atoms with Gasteiger partial charge < -0.3 is 14.0 Å². The summed E-state index contributed by atoms with van der Waals surface area (Å²) >= 11 is 0. The van der Waals surface area contributed by atoms with Crippen molar-refractivity contribution >= 4 is 17.0 Å². The molecule has 1 atom stereocenters. The average molecular weight is 336 g/mol. The van der Waals surface area contributed by atoms with Gasteiger partial charge in [0.25, 0.3) is 0 Å². The van der Waals surface area contributed by atoms with Crippen LogP contribution in [0.15, 0.2) is 48.5 Å². The summed E-state index contributed by atoms with van der Waals surface area (Å²) in [6.07, 6.45) is 2.02. The number of hydrogen-bond acceptors (Lipinski definition) is 4. The Bertz CT molecular complexity index is 898. The summed E-state index contributed by atoms with van der Waals surface area (Å²) in [6, 6.07) is 15.8. The van der Waals surface area contributed by atoms with Crippen molar-refractivity contribution in [1.29, 1.82) is 0 Å². The van der Waals surface area contributed by atoms with Gasteiger partial charge >= 0.3 is 5.97 Å². The standard InChI is InChI=1S/C20H20N2O3/c1-24-20(23)15-7-8-17-18(12-15)22(13-16-9-10-25-16)19(21-17)11-14-5-3-2-4-6-14/h2-8,12,16H,9-11,13H2,1H3/t16-/m0/s1. The topological polar surface area (TPSA) is 53.3 Å². The molecule has 0 bridgehead atoms. The zero-order valence-electron chi connectivity index (χ0n) is 14.1.